The lowest BCUT2D eigenvalue weighted by Crippen LogP contribution is -2.13. The lowest BCUT2D eigenvalue weighted by atomic mass is 10.1. The zero-order valence-electron chi connectivity index (χ0n) is 10.9. The molecule has 1 aromatic heterocycles. The van der Waals surface area contributed by atoms with Crippen LogP contribution in [0.15, 0.2) is 41.0 Å². The first-order valence-corrected chi connectivity index (χ1v) is 6.85. The minimum absolute atomic E-state index is 0.279. The minimum Gasteiger partial charge on any atom is -0.492 e. The Kier molecular flexibility index (Phi) is 4.57. The highest BCUT2D eigenvalue weighted by atomic mass is 79.9. The van der Waals surface area contributed by atoms with Crippen LogP contribution in [0.2, 0.25) is 0 Å². The summed E-state index contributed by atoms with van der Waals surface area (Å²) < 4.78 is 6.05. The molecule has 0 aliphatic carbocycles. The second-order valence-corrected chi connectivity index (χ2v) is 4.83. The summed E-state index contributed by atoms with van der Waals surface area (Å²) in [7, 11) is 0. The quantitative estimate of drug-likeness (QED) is 0.841. The van der Waals surface area contributed by atoms with Crippen molar-refractivity contribution in [3.8, 4) is 5.75 Å². The van der Waals surface area contributed by atoms with Crippen molar-refractivity contribution in [1.82, 2.24) is 4.98 Å². The molecular formula is C14H14BrN3O2. The number of nitrogens with one attached hydrogen (secondary N) is 1. The van der Waals surface area contributed by atoms with Crippen LogP contribution >= 0.6 is 15.9 Å². The number of halogens is 1. The van der Waals surface area contributed by atoms with Gasteiger partial charge in [0.15, 0.2) is 0 Å². The number of amides is 1. The number of nitrogens with zero attached hydrogens (tertiary/aromatic N) is 1. The van der Waals surface area contributed by atoms with Gasteiger partial charge >= 0.3 is 0 Å². The number of nitrogens with two attached hydrogens (primary N) is 1. The average molecular weight is 336 g/mol. The molecule has 2 aromatic rings. The van der Waals surface area contributed by atoms with Gasteiger partial charge in [-0.1, -0.05) is 0 Å². The zero-order chi connectivity index (χ0) is 14.5. The maximum atomic E-state index is 12.1. The van der Waals surface area contributed by atoms with E-state index in [-0.39, 0.29) is 5.91 Å². The molecular weight excluding hydrogens is 322 g/mol. The third-order valence-electron chi connectivity index (χ3n) is 2.56. The largest absolute Gasteiger partial charge is 0.492 e. The van der Waals surface area contributed by atoms with Crippen molar-refractivity contribution in [1.29, 1.82) is 0 Å². The van der Waals surface area contributed by atoms with Gasteiger partial charge in [0.2, 0.25) is 0 Å². The molecule has 0 spiro atoms. The van der Waals surface area contributed by atoms with Crippen LogP contribution in [0.3, 0.4) is 0 Å². The van der Waals surface area contributed by atoms with Crippen molar-refractivity contribution in [2.24, 2.45) is 0 Å². The predicted octanol–water partition coefficient (Wildman–Crippen LogP) is 3.08. The Bertz CT molecular complexity index is 632. The molecule has 1 amide bonds. The number of anilines is 2. The lowest BCUT2D eigenvalue weighted by molar-refractivity contribution is 0.102. The molecule has 3 N–H and O–H groups in total. The molecule has 1 heterocycles. The summed E-state index contributed by atoms with van der Waals surface area (Å²) in [6.45, 7) is 2.40. The Hall–Kier alpha value is -2.08. The van der Waals surface area contributed by atoms with Crippen LogP contribution < -0.4 is 15.8 Å². The molecule has 0 bridgehead atoms. The highest BCUT2D eigenvalue weighted by Gasteiger charge is 2.11. The van der Waals surface area contributed by atoms with Crippen molar-refractivity contribution in [2.45, 2.75) is 6.92 Å². The molecule has 0 aliphatic rings. The molecule has 2 rings (SSSR count). The van der Waals surface area contributed by atoms with Gasteiger partial charge in [-0.15, -0.1) is 0 Å². The molecule has 1 aromatic carbocycles. The summed E-state index contributed by atoms with van der Waals surface area (Å²) in [5.74, 6) is 0.757. The number of hydrogen-bond acceptors (Lipinski definition) is 4. The maximum absolute atomic E-state index is 12.1. The van der Waals surface area contributed by atoms with Gasteiger partial charge in [0.1, 0.15) is 11.6 Å². The van der Waals surface area contributed by atoms with Crippen molar-refractivity contribution < 1.29 is 9.53 Å². The highest BCUT2D eigenvalue weighted by Crippen LogP contribution is 2.24. The monoisotopic (exact) mass is 335 g/mol. The molecule has 0 aliphatic heterocycles. The van der Waals surface area contributed by atoms with E-state index in [2.05, 4.69) is 26.2 Å². The van der Waals surface area contributed by atoms with E-state index < -0.39 is 0 Å². The second kappa shape index (κ2) is 6.38. The van der Waals surface area contributed by atoms with Crippen LogP contribution in [-0.4, -0.2) is 17.5 Å². The Morgan fingerprint density at radius 3 is 2.90 bits per heavy atom. The molecule has 0 atom stereocenters. The van der Waals surface area contributed by atoms with Gasteiger partial charge in [-0.3, -0.25) is 4.79 Å². The van der Waals surface area contributed by atoms with E-state index in [1.54, 1.807) is 36.5 Å². The molecule has 20 heavy (non-hydrogen) atoms. The van der Waals surface area contributed by atoms with Crippen molar-refractivity contribution in [3.05, 3.63) is 46.6 Å². The van der Waals surface area contributed by atoms with E-state index in [1.807, 2.05) is 6.92 Å². The van der Waals surface area contributed by atoms with E-state index in [1.165, 1.54) is 0 Å². The van der Waals surface area contributed by atoms with Crippen LogP contribution in [0.4, 0.5) is 11.5 Å². The smallest absolute Gasteiger partial charge is 0.256 e. The molecule has 104 valence electrons. The maximum Gasteiger partial charge on any atom is 0.256 e. The van der Waals surface area contributed by atoms with Crippen molar-refractivity contribution in [3.63, 3.8) is 0 Å². The molecule has 6 heteroatoms. The molecule has 0 unspecified atom stereocenters. The van der Waals surface area contributed by atoms with Gasteiger partial charge in [0.05, 0.1) is 16.8 Å². The third kappa shape index (κ3) is 3.27. The van der Waals surface area contributed by atoms with Crippen LogP contribution in [0, 0.1) is 0 Å². The minimum atomic E-state index is -0.279. The van der Waals surface area contributed by atoms with Crippen molar-refractivity contribution >= 4 is 33.3 Å². The Morgan fingerprint density at radius 1 is 1.45 bits per heavy atom. The topological polar surface area (TPSA) is 77.2 Å². The van der Waals surface area contributed by atoms with Gasteiger partial charge in [-0.2, -0.15) is 0 Å². The number of pyridine rings is 1. The highest BCUT2D eigenvalue weighted by molar-refractivity contribution is 9.10. The van der Waals surface area contributed by atoms with E-state index in [0.717, 1.165) is 0 Å². The summed E-state index contributed by atoms with van der Waals surface area (Å²) in [6, 6.07) is 8.50. The fourth-order valence-electron chi connectivity index (χ4n) is 1.63. The first-order chi connectivity index (χ1) is 9.61. The molecule has 0 fully saturated rings. The average Bonchev–Trinajstić information content (AvgIpc) is 2.43. The number of benzene rings is 1. The summed E-state index contributed by atoms with van der Waals surface area (Å²) >= 11 is 3.32. The molecule has 5 nitrogen and oxygen atoms in total. The summed E-state index contributed by atoms with van der Waals surface area (Å²) in [6.07, 6.45) is 1.60. The number of hydrogen-bond donors (Lipinski definition) is 2. The fraction of sp³-hybridized carbons (Fsp3) is 0.143. The van der Waals surface area contributed by atoms with Gasteiger partial charge < -0.3 is 15.8 Å². The van der Waals surface area contributed by atoms with E-state index in [9.17, 15) is 4.79 Å². The molecule has 0 saturated carbocycles. The van der Waals surface area contributed by atoms with Gasteiger partial charge in [-0.25, -0.2) is 4.98 Å². The van der Waals surface area contributed by atoms with Crippen molar-refractivity contribution in [2.75, 3.05) is 17.7 Å². The lowest BCUT2D eigenvalue weighted by Gasteiger charge is -2.09. The van der Waals surface area contributed by atoms with E-state index in [0.29, 0.717) is 33.9 Å². The third-order valence-corrected chi connectivity index (χ3v) is 3.20. The predicted molar refractivity (Wildman–Crippen MR) is 81.9 cm³/mol. The number of ether oxygens (including phenoxy) is 1. The standard InChI is InChI=1S/C14H14BrN3O2/c1-2-20-12-6-5-9(8-11(12)16)14(19)18-13-10(15)4-3-7-17-13/h3-8H,2,16H2,1H3,(H,17,18,19). The SMILES string of the molecule is CCOc1ccc(C(=O)Nc2ncccc2Br)cc1N. The molecule has 0 radical (unpaired) electrons. The molecule has 0 saturated heterocycles. The summed E-state index contributed by atoms with van der Waals surface area (Å²) in [5, 5.41) is 2.71. The van der Waals surface area contributed by atoms with Crippen LogP contribution in [-0.2, 0) is 0 Å². The van der Waals surface area contributed by atoms with Gasteiger partial charge in [0.25, 0.3) is 5.91 Å². The van der Waals surface area contributed by atoms with Crippen LogP contribution in [0.25, 0.3) is 0 Å². The van der Waals surface area contributed by atoms with E-state index in [4.69, 9.17) is 10.5 Å². The summed E-state index contributed by atoms with van der Waals surface area (Å²) in [5.41, 5.74) is 6.72. The Labute approximate surface area is 125 Å². The van der Waals surface area contributed by atoms with E-state index >= 15 is 0 Å². The van der Waals surface area contributed by atoms with Gasteiger partial charge in [-0.05, 0) is 53.2 Å². The number of aromatic nitrogens is 1. The number of carbonyl (C=O) groups is 1. The first-order valence-electron chi connectivity index (χ1n) is 6.06. The van der Waals surface area contributed by atoms with Crippen LogP contribution in [0.1, 0.15) is 17.3 Å². The fourth-order valence-corrected chi connectivity index (χ4v) is 1.99. The van der Waals surface area contributed by atoms with Gasteiger partial charge in [0, 0.05) is 11.8 Å². The summed E-state index contributed by atoms with van der Waals surface area (Å²) in [4.78, 5) is 16.2. The second-order valence-electron chi connectivity index (χ2n) is 3.97. The number of rotatable bonds is 4. The normalized spacial score (nSPS) is 10.1. The first kappa shape index (κ1) is 14.3. The number of nitrogen functional groups attached to an aromatic ring is 1. The van der Waals surface area contributed by atoms with Crippen LogP contribution in [0.5, 0.6) is 5.75 Å². The Balaban J connectivity index is 2.18. The Morgan fingerprint density at radius 2 is 2.25 bits per heavy atom. The number of carbonyl (C=O) groups excluding carboxylic acids is 1. The zero-order valence-corrected chi connectivity index (χ0v) is 12.5.